The van der Waals surface area contributed by atoms with Gasteiger partial charge in [0.1, 0.15) is 0 Å². The minimum Gasteiger partial charge on any atom is -0.342 e. The molecule has 1 rings (SSSR count). The molecule has 0 spiro atoms. The van der Waals surface area contributed by atoms with Gasteiger partial charge in [-0.25, -0.2) is 0 Å². The molecular weight excluding hydrogens is 102 g/mol. The molecule has 1 aliphatic heterocycles. The van der Waals surface area contributed by atoms with Crippen LogP contribution < -0.4 is 0 Å². The predicted molar refractivity (Wildman–Crippen MR) is 31.2 cm³/mol. The first kappa shape index (κ1) is 5.60. The van der Waals surface area contributed by atoms with Gasteiger partial charge < -0.3 is 4.90 Å². The van der Waals surface area contributed by atoms with Crippen molar-refractivity contribution in [3.63, 3.8) is 0 Å². The summed E-state index contributed by atoms with van der Waals surface area (Å²) in [6, 6.07) is 0. The predicted octanol–water partition coefficient (Wildman–Crippen LogP) is 0.443. The lowest BCUT2D eigenvalue weighted by Gasteiger charge is -2.30. The van der Waals surface area contributed by atoms with Gasteiger partial charge in [-0.2, -0.15) is 0 Å². The summed E-state index contributed by atoms with van der Waals surface area (Å²) in [5.74, 6) is 0.177. The summed E-state index contributed by atoms with van der Waals surface area (Å²) >= 11 is 0. The van der Waals surface area contributed by atoms with Crippen molar-refractivity contribution in [2.45, 2.75) is 13.3 Å². The van der Waals surface area contributed by atoms with E-state index in [1.54, 1.807) is 13.3 Å². The van der Waals surface area contributed by atoms with Gasteiger partial charge in [-0.3, -0.25) is 4.79 Å². The highest BCUT2D eigenvalue weighted by molar-refractivity contribution is 5.84. The van der Waals surface area contributed by atoms with Crippen molar-refractivity contribution in [2.75, 3.05) is 13.1 Å². The number of hydrogen-bond acceptors (Lipinski definition) is 1. The standard InChI is InChI=1S/C6H10NO/c1-2-6(8)7-4-3-5-7/h2H,3-5H2,1H3. The maximum absolute atomic E-state index is 10.7. The van der Waals surface area contributed by atoms with Gasteiger partial charge in [0.05, 0.1) is 0 Å². The molecule has 1 aliphatic rings. The molecule has 2 nitrogen and oxygen atoms in total. The molecule has 45 valence electrons. The highest BCUT2D eigenvalue weighted by atomic mass is 16.2. The number of nitrogens with zero attached hydrogens (tertiary/aromatic N) is 1. The zero-order valence-corrected chi connectivity index (χ0v) is 5.05. The molecule has 0 unspecified atom stereocenters. The Balaban J connectivity index is 2.24. The van der Waals surface area contributed by atoms with E-state index >= 15 is 0 Å². The fourth-order valence-corrected chi connectivity index (χ4v) is 0.719. The van der Waals surface area contributed by atoms with E-state index in [0.717, 1.165) is 13.1 Å². The lowest BCUT2D eigenvalue weighted by atomic mass is 10.2. The molecule has 2 heteroatoms. The second kappa shape index (κ2) is 2.16. The summed E-state index contributed by atoms with van der Waals surface area (Å²) in [6.45, 7) is 3.70. The van der Waals surface area contributed by atoms with Crippen molar-refractivity contribution in [2.24, 2.45) is 0 Å². The zero-order valence-electron chi connectivity index (χ0n) is 5.05. The number of amides is 1. The zero-order chi connectivity index (χ0) is 5.98. The number of carbonyl (C=O) groups is 1. The monoisotopic (exact) mass is 112 g/mol. The van der Waals surface area contributed by atoms with E-state index in [2.05, 4.69) is 0 Å². The first-order valence-corrected chi connectivity index (χ1v) is 2.93. The van der Waals surface area contributed by atoms with E-state index in [4.69, 9.17) is 0 Å². The van der Waals surface area contributed by atoms with E-state index < -0.39 is 0 Å². The normalized spacial score (nSPS) is 17.9. The Labute approximate surface area is 49.5 Å². The summed E-state index contributed by atoms with van der Waals surface area (Å²) in [4.78, 5) is 12.5. The first-order chi connectivity index (χ1) is 3.84. The van der Waals surface area contributed by atoms with Crippen LogP contribution in [0.1, 0.15) is 13.3 Å². The molecule has 0 aliphatic carbocycles. The molecule has 1 heterocycles. The van der Waals surface area contributed by atoms with Crippen LogP contribution in [0.2, 0.25) is 0 Å². The van der Waals surface area contributed by atoms with E-state index in [9.17, 15) is 4.79 Å². The van der Waals surface area contributed by atoms with Gasteiger partial charge in [0.25, 0.3) is 0 Å². The molecule has 0 N–H and O–H groups in total. The van der Waals surface area contributed by atoms with Crippen LogP contribution in [0.5, 0.6) is 0 Å². The van der Waals surface area contributed by atoms with Crippen molar-refractivity contribution < 1.29 is 4.79 Å². The number of hydrogen-bond donors (Lipinski definition) is 0. The van der Waals surface area contributed by atoms with Crippen molar-refractivity contribution in [3.05, 3.63) is 6.42 Å². The average molecular weight is 112 g/mol. The van der Waals surface area contributed by atoms with Crippen LogP contribution in [0.15, 0.2) is 0 Å². The van der Waals surface area contributed by atoms with Gasteiger partial charge in [0.2, 0.25) is 5.91 Å². The molecule has 1 fully saturated rings. The van der Waals surface area contributed by atoms with Gasteiger partial charge in [0.15, 0.2) is 0 Å². The van der Waals surface area contributed by atoms with Crippen LogP contribution in [0.25, 0.3) is 0 Å². The third-order valence-corrected chi connectivity index (χ3v) is 1.41. The van der Waals surface area contributed by atoms with Gasteiger partial charge >= 0.3 is 0 Å². The van der Waals surface area contributed by atoms with Crippen molar-refractivity contribution in [1.82, 2.24) is 4.90 Å². The minimum absolute atomic E-state index is 0.177. The van der Waals surface area contributed by atoms with Gasteiger partial charge in [-0.15, -0.1) is 0 Å². The maximum atomic E-state index is 10.7. The molecule has 0 atom stereocenters. The summed E-state index contributed by atoms with van der Waals surface area (Å²) in [7, 11) is 0. The van der Waals surface area contributed by atoms with Crippen molar-refractivity contribution in [1.29, 1.82) is 0 Å². The topological polar surface area (TPSA) is 20.3 Å². The van der Waals surface area contributed by atoms with Crippen LogP contribution >= 0.6 is 0 Å². The van der Waals surface area contributed by atoms with E-state index in [-0.39, 0.29) is 5.91 Å². The first-order valence-electron chi connectivity index (χ1n) is 2.93. The number of rotatable bonds is 1. The third-order valence-electron chi connectivity index (χ3n) is 1.41. The van der Waals surface area contributed by atoms with Gasteiger partial charge in [-0.1, -0.05) is 6.92 Å². The van der Waals surface area contributed by atoms with Gasteiger partial charge in [-0.05, 0) is 6.42 Å². The fraction of sp³-hybridized carbons (Fsp3) is 0.667. The molecule has 0 bridgehead atoms. The van der Waals surface area contributed by atoms with Crippen LogP contribution in [-0.4, -0.2) is 23.9 Å². The Hall–Kier alpha value is -0.530. The van der Waals surface area contributed by atoms with Crippen molar-refractivity contribution in [3.8, 4) is 0 Å². The van der Waals surface area contributed by atoms with Crippen LogP contribution in [0, 0.1) is 6.42 Å². The van der Waals surface area contributed by atoms with E-state index in [1.807, 2.05) is 4.90 Å². The Morgan fingerprint density at radius 3 is 2.38 bits per heavy atom. The highest BCUT2D eigenvalue weighted by Gasteiger charge is 2.17. The molecule has 1 saturated heterocycles. The summed E-state index contributed by atoms with van der Waals surface area (Å²) < 4.78 is 0. The molecule has 0 aromatic heterocycles. The van der Waals surface area contributed by atoms with E-state index in [1.165, 1.54) is 6.42 Å². The maximum Gasteiger partial charge on any atom is 0.226 e. The molecule has 1 radical (unpaired) electrons. The smallest absolute Gasteiger partial charge is 0.226 e. The van der Waals surface area contributed by atoms with Crippen LogP contribution in [0.4, 0.5) is 0 Å². The summed E-state index contributed by atoms with van der Waals surface area (Å²) in [5.41, 5.74) is 0. The number of carbonyl (C=O) groups excluding carboxylic acids is 1. The average Bonchev–Trinajstić information content (AvgIpc) is 1.62. The quantitative estimate of drug-likeness (QED) is 0.482. The van der Waals surface area contributed by atoms with Crippen molar-refractivity contribution >= 4 is 5.91 Å². The molecule has 0 aromatic rings. The minimum atomic E-state index is 0.177. The Bertz CT molecular complexity index is 96.7. The molecule has 1 amide bonds. The molecule has 8 heavy (non-hydrogen) atoms. The van der Waals surface area contributed by atoms with Crippen LogP contribution in [-0.2, 0) is 4.79 Å². The molecule has 0 aromatic carbocycles. The van der Waals surface area contributed by atoms with Crippen LogP contribution in [0.3, 0.4) is 0 Å². The largest absolute Gasteiger partial charge is 0.342 e. The Kier molecular flexibility index (Phi) is 1.51. The lowest BCUT2D eigenvalue weighted by Crippen LogP contribution is -2.41. The third kappa shape index (κ3) is 0.831. The Morgan fingerprint density at radius 1 is 1.62 bits per heavy atom. The molecular formula is C6H10NO. The van der Waals surface area contributed by atoms with E-state index in [0.29, 0.717) is 0 Å². The second-order valence-corrected chi connectivity index (χ2v) is 1.97. The SMILES string of the molecule is C[CH]C(=O)N1CCC1. The molecule has 0 saturated carbocycles. The van der Waals surface area contributed by atoms with Gasteiger partial charge in [0, 0.05) is 19.5 Å². The summed E-state index contributed by atoms with van der Waals surface area (Å²) in [6.07, 6.45) is 2.79. The summed E-state index contributed by atoms with van der Waals surface area (Å²) in [5, 5.41) is 0. The highest BCUT2D eigenvalue weighted by Crippen LogP contribution is 2.05. The fourth-order valence-electron chi connectivity index (χ4n) is 0.719. The lowest BCUT2D eigenvalue weighted by molar-refractivity contribution is -0.130. The second-order valence-electron chi connectivity index (χ2n) is 1.97. The Morgan fingerprint density at radius 2 is 2.25 bits per heavy atom. The number of likely N-dealkylation sites (tertiary alicyclic amines) is 1.